The largest absolute Gasteiger partial charge is 0.444 e. The molecule has 0 fully saturated rings. The molecule has 0 bridgehead atoms. The van der Waals surface area contributed by atoms with Crippen molar-refractivity contribution in [2.24, 2.45) is 0 Å². The third kappa shape index (κ3) is 6.33. The van der Waals surface area contributed by atoms with E-state index in [1.165, 1.54) is 17.4 Å². The molecule has 7 nitrogen and oxygen atoms in total. The quantitative estimate of drug-likeness (QED) is 0.359. The number of hydrogen-bond acceptors (Lipinski definition) is 7. The third-order valence-corrected chi connectivity index (χ3v) is 6.94. The Bertz CT molecular complexity index is 1360. The van der Waals surface area contributed by atoms with Crippen LogP contribution in [0.3, 0.4) is 0 Å². The lowest BCUT2D eigenvalue weighted by molar-refractivity contribution is -0.137. The summed E-state index contributed by atoms with van der Waals surface area (Å²) in [4.78, 5) is 24.9. The number of carbonyl (C=O) groups is 1. The normalized spacial score (nSPS) is 15.5. The van der Waals surface area contributed by atoms with Gasteiger partial charge in [-0.15, -0.1) is 11.3 Å². The summed E-state index contributed by atoms with van der Waals surface area (Å²) in [7, 11) is 0. The van der Waals surface area contributed by atoms with Crippen molar-refractivity contribution >= 4 is 44.7 Å². The summed E-state index contributed by atoms with van der Waals surface area (Å²) in [5.41, 5.74) is 5.97. The van der Waals surface area contributed by atoms with Crippen LogP contribution in [0.4, 0.5) is 29.5 Å². The molecule has 1 amide bonds. The number of benzene rings is 1. The Morgan fingerprint density at radius 2 is 1.92 bits per heavy atom. The number of ether oxygens (including phenoxy) is 1. The Kier molecular flexibility index (Phi) is 7.11. The van der Waals surface area contributed by atoms with Crippen LogP contribution < -0.4 is 11.1 Å². The zero-order valence-electron chi connectivity index (χ0n) is 21.4. The second kappa shape index (κ2) is 9.85. The van der Waals surface area contributed by atoms with Crippen LogP contribution in [0.2, 0.25) is 0 Å². The minimum atomic E-state index is -4.49. The van der Waals surface area contributed by atoms with Crippen LogP contribution in [0.25, 0.3) is 15.8 Å². The molecule has 3 aromatic rings. The smallest absolute Gasteiger partial charge is 0.416 e. The van der Waals surface area contributed by atoms with Crippen LogP contribution in [0, 0.1) is 6.92 Å². The molecular weight excluding hydrogens is 503 g/mol. The molecule has 3 N–H and O–H groups in total. The van der Waals surface area contributed by atoms with E-state index >= 15 is 0 Å². The molecule has 1 atom stereocenters. The summed E-state index contributed by atoms with van der Waals surface area (Å²) in [6, 6.07) is 5.06. The average molecular weight is 534 g/mol. The first-order valence-corrected chi connectivity index (χ1v) is 12.7. The lowest BCUT2D eigenvalue weighted by Crippen LogP contribution is -2.39. The number of aryl methyl sites for hydroxylation is 1. The summed E-state index contributed by atoms with van der Waals surface area (Å²) in [5, 5.41) is 4.04. The van der Waals surface area contributed by atoms with Gasteiger partial charge < -0.3 is 20.7 Å². The Morgan fingerprint density at radius 1 is 1.19 bits per heavy atom. The maximum Gasteiger partial charge on any atom is 0.416 e. The number of anilines is 2. The van der Waals surface area contributed by atoms with Gasteiger partial charge in [0.05, 0.1) is 17.0 Å². The number of nitrogens with two attached hydrogens (primary N) is 1. The highest BCUT2D eigenvalue weighted by Crippen LogP contribution is 2.37. The van der Waals surface area contributed by atoms with Gasteiger partial charge in [-0.3, -0.25) is 0 Å². The van der Waals surface area contributed by atoms with E-state index in [-0.39, 0.29) is 11.8 Å². The van der Waals surface area contributed by atoms with Crippen LogP contribution >= 0.6 is 11.3 Å². The van der Waals surface area contributed by atoms with Gasteiger partial charge in [-0.25, -0.2) is 14.8 Å². The molecule has 1 aliphatic heterocycles. The maximum absolute atomic E-state index is 13.3. The van der Waals surface area contributed by atoms with Crippen LogP contribution in [0.1, 0.15) is 62.0 Å². The molecule has 1 aliphatic rings. The Morgan fingerprint density at radius 3 is 2.54 bits per heavy atom. The molecule has 0 spiro atoms. The Labute approximate surface area is 217 Å². The lowest BCUT2D eigenvalue weighted by Gasteiger charge is -2.29. The molecule has 0 aliphatic carbocycles. The van der Waals surface area contributed by atoms with Crippen molar-refractivity contribution in [2.45, 2.75) is 58.9 Å². The monoisotopic (exact) mass is 533 g/mol. The second-order valence-corrected chi connectivity index (χ2v) is 11.1. The third-order valence-electron chi connectivity index (χ3n) is 5.84. The van der Waals surface area contributed by atoms with Crippen molar-refractivity contribution in [2.75, 3.05) is 24.1 Å². The van der Waals surface area contributed by atoms with Gasteiger partial charge in [0.1, 0.15) is 22.1 Å². The molecule has 37 heavy (non-hydrogen) atoms. The molecule has 1 aromatic carbocycles. The van der Waals surface area contributed by atoms with Gasteiger partial charge in [0, 0.05) is 23.7 Å². The number of alkyl halides is 3. The van der Waals surface area contributed by atoms with E-state index in [4.69, 9.17) is 10.5 Å². The van der Waals surface area contributed by atoms with E-state index < -0.39 is 23.4 Å². The van der Waals surface area contributed by atoms with Crippen molar-refractivity contribution in [1.29, 1.82) is 0 Å². The van der Waals surface area contributed by atoms with Crippen LogP contribution in [0.15, 0.2) is 30.3 Å². The van der Waals surface area contributed by atoms with E-state index in [0.717, 1.165) is 32.8 Å². The number of nitrogens with zero attached hydrogens (tertiary/aromatic N) is 3. The zero-order valence-corrected chi connectivity index (χ0v) is 22.2. The summed E-state index contributed by atoms with van der Waals surface area (Å²) >= 11 is 1.52. The number of amides is 1. The van der Waals surface area contributed by atoms with Crippen LogP contribution in [-0.4, -0.2) is 39.7 Å². The summed E-state index contributed by atoms with van der Waals surface area (Å²) in [5.74, 6) is 1.09. The number of hydrogen-bond donors (Lipinski definition) is 2. The summed E-state index contributed by atoms with van der Waals surface area (Å²) in [6.07, 6.45) is -2.14. The number of aromatic nitrogens is 2. The zero-order chi connectivity index (χ0) is 27.1. The van der Waals surface area contributed by atoms with E-state index in [1.807, 2.05) is 32.9 Å². The molecule has 0 saturated heterocycles. The van der Waals surface area contributed by atoms with Gasteiger partial charge in [0.2, 0.25) is 0 Å². The molecule has 2 aromatic heterocycles. The predicted octanol–water partition coefficient (Wildman–Crippen LogP) is 6.80. The standard InChI is InChI=1S/C26H30F3N5O2S/c1-14(17-10-18(26(27,28)29)12-19(30)11-17)31-22-20-13-21(37-23(20)33-15(2)32-22)16-6-8-34(9-7-16)24(35)36-25(3,4)5/h6,10-14H,7-9,30H2,1-5H3,(H,31,32,33)/t14-/m1/s1. The van der Waals surface area contributed by atoms with E-state index in [2.05, 4.69) is 15.3 Å². The van der Waals surface area contributed by atoms with Gasteiger partial charge in [-0.1, -0.05) is 6.08 Å². The fraction of sp³-hybridized carbons (Fsp3) is 0.423. The highest BCUT2D eigenvalue weighted by molar-refractivity contribution is 7.19. The Balaban J connectivity index is 1.58. The fourth-order valence-electron chi connectivity index (χ4n) is 4.06. The molecule has 3 heterocycles. The van der Waals surface area contributed by atoms with Crippen molar-refractivity contribution in [3.05, 3.63) is 52.2 Å². The van der Waals surface area contributed by atoms with Gasteiger partial charge in [-0.05, 0) is 76.4 Å². The van der Waals surface area contributed by atoms with Crippen molar-refractivity contribution in [3.8, 4) is 0 Å². The first-order valence-electron chi connectivity index (χ1n) is 11.9. The minimum absolute atomic E-state index is 0.0463. The summed E-state index contributed by atoms with van der Waals surface area (Å²) in [6.45, 7) is 10.0. The van der Waals surface area contributed by atoms with E-state index in [1.54, 1.807) is 18.7 Å². The first-order chi connectivity index (χ1) is 17.2. The SMILES string of the molecule is Cc1nc(N[C@H](C)c2cc(N)cc(C(F)(F)F)c2)c2cc(C3=CCN(C(=O)OC(C)(C)C)CC3)sc2n1. The molecule has 11 heteroatoms. The van der Waals surface area contributed by atoms with E-state index in [0.29, 0.717) is 36.7 Å². The number of carbonyl (C=O) groups excluding carboxylic acids is 1. The van der Waals surface area contributed by atoms with Crippen LogP contribution in [0.5, 0.6) is 0 Å². The lowest BCUT2D eigenvalue weighted by atomic mass is 10.0. The van der Waals surface area contributed by atoms with Gasteiger partial charge in [0.15, 0.2) is 0 Å². The molecule has 4 rings (SSSR count). The highest BCUT2D eigenvalue weighted by atomic mass is 32.1. The number of thiophene rings is 1. The van der Waals surface area contributed by atoms with Crippen molar-refractivity contribution in [1.82, 2.24) is 14.9 Å². The van der Waals surface area contributed by atoms with E-state index in [9.17, 15) is 18.0 Å². The fourth-order valence-corrected chi connectivity index (χ4v) is 5.21. The number of rotatable bonds is 4. The molecular formula is C26H30F3N5O2S. The average Bonchev–Trinajstić information content (AvgIpc) is 3.21. The molecule has 0 radical (unpaired) electrons. The Hall–Kier alpha value is -3.34. The first kappa shape index (κ1) is 26.7. The molecule has 198 valence electrons. The number of nitrogens with one attached hydrogen (secondary N) is 1. The second-order valence-electron chi connectivity index (χ2n) is 10.1. The number of nitrogen functional groups attached to an aromatic ring is 1. The van der Waals surface area contributed by atoms with Crippen molar-refractivity contribution < 1.29 is 22.7 Å². The molecule has 0 unspecified atom stereocenters. The van der Waals surface area contributed by atoms with Gasteiger partial charge in [0.25, 0.3) is 0 Å². The topological polar surface area (TPSA) is 93.4 Å². The molecule has 0 saturated carbocycles. The number of halogens is 3. The summed E-state index contributed by atoms with van der Waals surface area (Å²) < 4.78 is 45.3. The predicted molar refractivity (Wildman–Crippen MR) is 140 cm³/mol. The number of fused-ring (bicyclic) bond motifs is 1. The minimum Gasteiger partial charge on any atom is -0.444 e. The van der Waals surface area contributed by atoms with Crippen molar-refractivity contribution in [3.63, 3.8) is 0 Å². The van der Waals surface area contributed by atoms with Gasteiger partial charge >= 0.3 is 12.3 Å². The maximum atomic E-state index is 13.3. The van der Waals surface area contributed by atoms with Gasteiger partial charge in [-0.2, -0.15) is 13.2 Å². The van der Waals surface area contributed by atoms with Crippen LogP contribution in [-0.2, 0) is 10.9 Å². The highest BCUT2D eigenvalue weighted by Gasteiger charge is 2.31.